The second-order valence-electron chi connectivity index (χ2n) is 7.98. The number of amides is 1. The normalized spacial score (nSPS) is 16.1. The minimum atomic E-state index is -3.14. The van der Waals surface area contributed by atoms with E-state index in [0.29, 0.717) is 33.8 Å². The fourth-order valence-electron chi connectivity index (χ4n) is 3.94. The van der Waals surface area contributed by atoms with E-state index in [2.05, 4.69) is 9.97 Å². The quantitative estimate of drug-likeness (QED) is 0.617. The van der Waals surface area contributed by atoms with E-state index < -0.39 is 9.84 Å². The Morgan fingerprint density at radius 1 is 1.06 bits per heavy atom. The molecule has 0 bridgehead atoms. The summed E-state index contributed by atoms with van der Waals surface area (Å²) >= 11 is 0. The van der Waals surface area contributed by atoms with Gasteiger partial charge in [0.25, 0.3) is 5.91 Å². The third-order valence-corrected chi connectivity index (χ3v) is 7.52. The van der Waals surface area contributed by atoms with Crippen molar-refractivity contribution in [3.8, 4) is 11.4 Å². The standard InChI is InChI=1S/C21H25N5O4S/c1-11-5-6-15(27)12(2)18(11)26-19(22)16(17-20(26)24-14(4)13(3)23-17)21(28)25-7-9-31(29,30)10-8-25/h5-6,27H,7-10,22H2,1-4H3. The van der Waals surface area contributed by atoms with Crippen molar-refractivity contribution >= 4 is 32.7 Å². The molecule has 1 aromatic carbocycles. The third kappa shape index (κ3) is 3.40. The molecule has 10 heteroatoms. The number of hydrogen-bond donors (Lipinski definition) is 2. The molecule has 0 radical (unpaired) electrons. The number of benzene rings is 1. The highest BCUT2D eigenvalue weighted by atomic mass is 32.2. The molecule has 0 unspecified atom stereocenters. The molecule has 3 N–H and O–H groups in total. The first-order valence-electron chi connectivity index (χ1n) is 9.96. The van der Waals surface area contributed by atoms with Gasteiger partial charge in [-0.25, -0.2) is 18.4 Å². The number of nitrogen functional groups attached to an aromatic ring is 1. The van der Waals surface area contributed by atoms with Crippen molar-refractivity contribution in [2.24, 2.45) is 0 Å². The smallest absolute Gasteiger partial charge is 0.259 e. The number of phenols is 1. The Balaban J connectivity index is 1.98. The van der Waals surface area contributed by atoms with Crippen LogP contribution in [0.1, 0.15) is 32.9 Å². The number of nitrogens with two attached hydrogens (primary N) is 1. The molecule has 1 aliphatic rings. The molecule has 3 aromatic rings. The van der Waals surface area contributed by atoms with Gasteiger partial charge in [-0.2, -0.15) is 0 Å². The highest BCUT2D eigenvalue weighted by Crippen LogP contribution is 2.36. The largest absolute Gasteiger partial charge is 0.508 e. The Bertz CT molecular complexity index is 1330. The molecule has 1 aliphatic heterocycles. The van der Waals surface area contributed by atoms with Gasteiger partial charge in [-0.3, -0.25) is 9.36 Å². The number of aromatic hydroxyl groups is 1. The fraction of sp³-hybridized carbons (Fsp3) is 0.381. The van der Waals surface area contributed by atoms with E-state index in [1.54, 1.807) is 23.6 Å². The van der Waals surface area contributed by atoms with Crippen molar-refractivity contribution in [1.29, 1.82) is 0 Å². The highest BCUT2D eigenvalue weighted by molar-refractivity contribution is 7.91. The van der Waals surface area contributed by atoms with Gasteiger partial charge in [0.1, 0.15) is 22.6 Å². The Morgan fingerprint density at radius 2 is 1.68 bits per heavy atom. The van der Waals surface area contributed by atoms with Crippen LogP contribution in [0.2, 0.25) is 0 Å². The summed E-state index contributed by atoms with van der Waals surface area (Å²) < 4.78 is 25.3. The molecule has 1 amide bonds. The number of phenolic OH excluding ortho intramolecular Hbond substituents is 1. The van der Waals surface area contributed by atoms with Crippen molar-refractivity contribution in [3.05, 3.63) is 40.2 Å². The first-order valence-corrected chi connectivity index (χ1v) is 11.8. The highest BCUT2D eigenvalue weighted by Gasteiger charge is 2.32. The number of carbonyl (C=O) groups excluding carboxylic acids is 1. The van der Waals surface area contributed by atoms with Crippen LogP contribution in [0.3, 0.4) is 0 Å². The molecule has 31 heavy (non-hydrogen) atoms. The Labute approximate surface area is 180 Å². The van der Waals surface area contributed by atoms with Crippen molar-refractivity contribution in [1.82, 2.24) is 19.4 Å². The van der Waals surface area contributed by atoms with Gasteiger partial charge < -0.3 is 15.7 Å². The SMILES string of the molecule is Cc1ccc(O)c(C)c1-n1c(N)c(C(=O)N2CCS(=O)(=O)CC2)c2nc(C)c(C)nc21. The molecule has 1 saturated heterocycles. The summed E-state index contributed by atoms with van der Waals surface area (Å²) in [5.41, 5.74) is 11.0. The third-order valence-electron chi connectivity index (χ3n) is 5.91. The Kier molecular flexibility index (Phi) is 4.92. The number of sulfone groups is 1. The van der Waals surface area contributed by atoms with E-state index in [1.807, 2.05) is 20.8 Å². The minimum Gasteiger partial charge on any atom is -0.508 e. The van der Waals surface area contributed by atoms with E-state index in [4.69, 9.17) is 5.73 Å². The molecule has 0 atom stereocenters. The van der Waals surface area contributed by atoms with E-state index >= 15 is 0 Å². The zero-order chi connectivity index (χ0) is 22.7. The summed E-state index contributed by atoms with van der Waals surface area (Å²) in [7, 11) is -3.14. The second kappa shape index (κ2) is 7.23. The van der Waals surface area contributed by atoms with Gasteiger partial charge in [-0.05, 0) is 39.3 Å². The number of rotatable bonds is 2. The molecule has 0 aliphatic carbocycles. The lowest BCUT2D eigenvalue weighted by atomic mass is 10.1. The number of nitrogens with zero attached hydrogens (tertiary/aromatic N) is 4. The van der Waals surface area contributed by atoms with Gasteiger partial charge in [0.05, 0.1) is 28.6 Å². The van der Waals surface area contributed by atoms with Crippen LogP contribution in [0, 0.1) is 27.7 Å². The Hall–Kier alpha value is -3.14. The molecule has 3 heterocycles. The zero-order valence-corrected chi connectivity index (χ0v) is 18.7. The van der Waals surface area contributed by atoms with Gasteiger partial charge in [0, 0.05) is 18.7 Å². The van der Waals surface area contributed by atoms with Crippen LogP contribution in [0.25, 0.3) is 16.9 Å². The monoisotopic (exact) mass is 443 g/mol. The fourth-order valence-corrected chi connectivity index (χ4v) is 5.14. The average Bonchev–Trinajstić information content (AvgIpc) is 2.96. The van der Waals surface area contributed by atoms with Crippen LogP contribution in [-0.4, -0.2) is 63.5 Å². The lowest BCUT2D eigenvalue weighted by Gasteiger charge is -2.26. The van der Waals surface area contributed by atoms with Crippen LogP contribution < -0.4 is 5.73 Å². The molecular weight excluding hydrogens is 418 g/mol. The van der Waals surface area contributed by atoms with Gasteiger partial charge in [-0.15, -0.1) is 0 Å². The minimum absolute atomic E-state index is 0.0775. The lowest BCUT2D eigenvalue weighted by Crippen LogP contribution is -2.43. The zero-order valence-electron chi connectivity index (χ0n) is 17.9. The number of anilines is 1. The second-order valence-corrected chi connectivity index (χ2v) is 10.3. The molecule has 0 saturated carbocycles. The number of carbonyl (C=O) groups is 1. The number of fused-ring (bicyclic) bond motifs is 1. The molecule has 164 valence electrons. The van der Waals surface area contributed by atoms with Crippen molar-refractivity contribution in [3.63, 3.8) is 0 Å². The summed E-state index contributed by atoms with van der Waals surface area (Å²) in [5, 5.41) is 10.3. The predicted molar refractivity (Wildman–Crippen MR) is 118 cm³/mol. The molecule has 1 fully saturated rings. The van der Waals surface area contributed by atoms with Crippen molar-refractivity contribution in [2.75, 3.05) is 30.3 Å². The van der Waals surface area contributed by atoms with Crippen molar-refractivity contribution < 1.29 is 18.3 Å². The maximum Gasteiger partial charge on any atom is 0.259 e. The van der Waals surface area contributed by atoms with Crippen LogP contribution in [0.4, 0.5) is 5.82 Å². The predicted octanol–water partition coefficient (Wildman–Crippen LogP) is 1.81. The first-order chi connectivity index (χ1) is 14.5. The summed E-state index contributed by atoms with van der Waals surface area (Å²) in [6.07, 6.45) is 0. The van der Waals surface area contributed by atoms with Gasteiger partial charge >= 0.3 is 0 Å². The molecule has 0 spiro atoms. The number of aryl methyl sites for hydroxylation is 3. The molecule has 2 aromatic heterocycles. The van der Waals surface area contributed by atoms with Gasteiger partial charge in [0.15, 0.2) is 15.5 Å². The van der Waals surface area contributed by atoms with Crippen LogP contribution >= 0.6 is 0 Å². The Morgan fingerprint density at radius 3 is 2.32 bits per heavy atom. The molecular formula is C21H25N5O4S. The van der Waals surface area contributed by atoms with Crippen LogP contribution in [-0.2, 0) is 9.84 Å². The summed E-state index contributed by atoms with van der Waals surface area (Å²) in [6, 6.07) is 3.38. The summed E-state index contributed by atoms with van der Waals surface area (Å²) in [4.78, 5) is 24.2. The van der Waals surface area contributed by atoms with Crippen molar-refractivity contribution in [2.45, 2.75) is 27.7 Å². The number of aromatic nitrogens is 3. The first kappa shape index (κ1) is 21.1. The van der Waals surface area contributed by atoms with E-state index in [1.165, 1.54) is 4.90 Å². The van der Waals surface area contributed by atoms with Crippen LogP contribution in [0.15, 0.2) is 12.1 Å². The summed E-state index contributed by atoms with van der Waals surface area (Å²) in [6.45, 7) is 7.51. The lowest BCUT2D eigenvalue weighted by molar-refractivity contribution is 0.0773. The summed E-state index contributed by atoms with van der Waals surface area (Å²) in [5.74, 6) is -0.260. The number of hydrogen-bond acceptors (Lipinski definition) is 7. The van der Waals surface area contributed by atoms with Gasteiger partial charge in [-0.1, -0.05) is 6.07 Å². The van der Waals surface area contributed by atoms with Gasteiger partial charge in [0.2, 0.25) is 0 Å². The van der Waals surface area contributed by atoms with E-state index in [0.717, 1.165) is 5.56 Å². The topological polar surface area (TPSA) is 131 Å². The maximum absolute atomic E-state index is 13.4. The molecule has 4 rings (SSSR count). The average molecular weight is 444 g/mol. The molecule has 9 nitrogen and oxygen atoms in total. The van der Waals surface area contributed by atoms with E-state index in [-0.39, 0.29) is 47.6 Å². The maximum atomic E-state index is 13.4. The van der Waals surface area contributed by atoms with Crippen LogP contribution in [0.5, 0.6) is 5.75 Å². The van der Waals surface area contributed by atoms with E-state index in [9.17, 15) is 18.3 Å².